The van der Waals surface area contributed by atoms with E-state index in [1.54, 1.807) is 0 Å². The van der Waals surface area contributed by atoms with Crippen LogP contribution in [0.25, 0.3) is 11.2 Å². The number of amides is 1. The Balaban J connectivity index is 1.35. The maximum atomic E-state index is 13.0. The molecule has 1 fully saturated rings. The Labute approximate surface area is 164 Å². The molecule has 0 radical (unpaired) electrons. The summed E-state index contributed by atoms with van der Waals surface area (Å²) in [5, 5.41) is 7.38. The topological polar surface area (TPSA) is 79.7 Å². The van der Waals surface area contributed by atoms with Gasteiger partial charge in [0.1, 0.15) is 11.3 Å². The van der Waals surface area contributed by atoms with Crippen molar-refractivity contribution in [3.05, 3.63) is 41.1 Å². The predicted molar refractivity (Wildman–Crippen MR) is 106 cm³/mol. The Morgan fingerprint density at radius 3 is 2.96 bits per heavy atom. The van der Waals surface area contributed by atoms with Crippen molar-refractivity contribution in [2.45, 2.75) is 57.9 Å². The number of imidazole rings is 1. The summed E-state index contributed by atoms with van der Waals surface area (Å²) in [7, 11) is 0. The summed E-state index contributed by atoms with van der Waals surface area (Å²) >= 11 is 0. The summed E-state index contributed by atoms with van der Waals surface area (Å²) in [5.74, 6) is 1.20. The fourth-order valence-electron chi connectivity index (χ4n) is 4.73. The highest BCUT2D eigenvalue weighted by Crippen LogP contribution is 2.30. The molecule has 0 spiro atoms. The van der Waals surface area contributed by atoms with Gasteiger partial charge >= 0.3 is 0 Å². The van der Waals surface area contributed by atoms with E-state index in [-0.39, 0.29) is 5.91 Å². The molecule has 1 N–H and O–H groups in total. The van der Waals surface area contributed by atoms with Crippen LogP contribution >= 0.6 is 0 Å². The first kappa shape index (κ1) is 17.4. The van der Waals surface area contributed by atoms with Crippen molar-refractivity contribution in [3.63, 3.8) is 0 Å². The summed E-state index contributed by atoms with van der Waals surface area (Å²) in [6.45, 7) is 3.69. The molecule has 0 atom stereocenters. The number of hydrogen-bond acceptors (Lipinski definition) is 4. The van der Waals surface area contributed by atoms with Crippen LogP contribution in [-0.2, 0) is 19.3 Å². The molecule has 2 aliphatic rings. The summed E-state index contributed by atoms with van der Waals surface area (Å²) in [6.07, 6.45) is 8.81. The molecular weight excluding hydrogens is 352 g/mol. The number of carbonyl (C=O) groups is 1. The maximum absolute atomic E-state index is 13.0. The van der Waals surface area contributed by atoms with Crippen LogP contribution in [0.2, 0.25) is 0 Å². The van der Waals surface area contributed by atoms with Crippen LogP contribution in [0.1, 0.15) is 66.2 Å². The Hall–Kier alpha value is -2.70. The average Bonchev–Trinajstić information content (AvgIpc) is 3.42. The van der Waals surface area contributed by atoms with Gasteiger partial charge in [-0.2, -0.15) is 5.10 Å². The van der Waals surface area contributed by atoms with E-state index in [0.717, 1.165) is 86.3 Å². The molecular formula is C21H26N6O. The molecule has 0 aromatic carbocycles. The van der Waals surface area contributed by atoms with E-state index in [0.29, 0.717) is 11.7 Å². The van der Waals surface area contributed by atoms with Crippen LogP contribution in [0, 0.1) is 0 Å². The van der Waals surface area contributed by atoms with Gasteiger partial charge in [-0.05, 0) is 50.7 Å². The third-order valence-electron chi connectivity index (χ3n) is 6.12. The monoisotopic (exact) mass is 378 g/mol. The minimum absolute atomic E-state index is 0.0836. The van der Waals surface area contributed by atoms with E-state index in [9.17, 15) is 4.79 Å². The number of likely N-dealkylation sites (tertiary alicyclic amines) is 1. The Morgan fingerprint density at radius 1 is 1.29 bits per heavy atom. The lowest BCUT2D eigenvalue weighted by atomic mass is 10.0. The van der Waals surface area contributed by atoms with E-state index in [1.807, 2.05) is 23.2 Å². The molecule has 4 heterocycles. The van der Waals surface area contributed by atoms with Crippen molar-refractivity contribution in [1.29, 1.82) is 0 Å². The Kier molecular flexibility index (Phi) is 4.37. The van der Waals surface area contributed by atoms with Gasteiger partial charge in [-0.1, -0.05) is 6.92 Å². The van der Waals surface area contributed by atoms with E-state index in [2.05, 4.69) is 26.7 Å². The molecule has 0 saturated carbocycles. The Morgan fingerprint density at radius 2 is 2.14 bits per heavy atom. The maximum Gasteiger partial charge on any atom is 0.274 e. The standard InChI is InChI=1S/C21H26N6O/c1-2-5-18-23-17-8-4-11-22-20(17)27(18)14-9-12-26(13-10-14)21(28)19-15-6-3-7-16(15)24-25-19/h4,8,11,14H,2-3,5-7,9-10,12-13H2,1H3,(H,24,25). The van der Waals surface area contributed by atoms with Gasteiger partial charge in [-0.15, -0.1) is 0 Å². The molecule has 28 heavy (non-hydrogen) atoms. The summed E-state index contributed by atoms with van der Waals surface area (Å²) < 4.78 is 2.33. The van der Waals surface area contributed by atoms with Gasteiger partial charge in [0.15, 0.2) is 11.3 Å². The molecule has 1 aliphatic carbocycles. The number of aromatic amines is 1. The minimum Gasteiger partial charge on any atom is -0.337 e. The molecule has 0 bridgehead atoms. The second-order valence-corrected chi connectivity index (χ2v) is 7.90. The lowest BCUT2D eigenvalue weighted by Gasteiger charge is -2.33. The number of hydrogen-bond donors (Lipinski definition) is 1. The lowest BCUT2D eigenvalue weighted by Crippen LogP contribution is -2.39. The normalized spacial score (nSPS) is 17.4. The highest BCUT2D eigenvalue weighted by molar-refractivity contribution is 5.94. The molecule has 3 aromatic heterocycles. The summed E-state index contributed by atoms with van der Waals surface area (Å²) in [4.78, 5) is 24.4. The van der Waals surface area contributed by atoms with Crippen molar-refractivity contribution < 1.29 is 4.79 Å². The number of aromatic nitrogens is 5. The minimum atomic E-state index is 0.0836. The fourth-order valence-corrected chi connectivity index (χ4v) is 4.73. The van der Waals surface area contributed by atoms with Crippen molar-refractivity contribution in [2.24, 2.45) is 0 Å². The van der Waals surface area contributed by atoms with Crippen LogP contribution in [0.15, 0.2) is 18.3 Å². The van der Waals surface area contributed by atoms with Crippen molar-refractivity contribution in [3.8, 4) is 0 Å². The first-order chi connectivity index (χ1) is 13.8. The number of pyridine rings is 1. The largest absolute Gasteiger partial charge is 0.337 e. The van der Waals surface area contributed by atoms with Crippen LogP contribution in [0.5, 0.6) is 0 Å². The van der Waals surface area contributed by atoms with Gasteiger partial charge in [0.05, 0.1) is 0 Å². The quantitative estimate of drug-likeness (QED) is 0.757. The molecule has 1 saturated heterocycles. The average molecular weight is 378 g/mol. The number of fused-ring (bicyclic) bond motifs is 2. The smallest absolute Gasteiger partial charge is 0.274 e. The molecule has 7 nitrogen and oxygen atoms in total. The van der Waals surface area contributed by atoms with Crippen LogP contribution in [0.3, 0.4) is 0 Å². The van der Waals surface area contributed by atoms with Crippen molar-refractivity contribution in [1.82, 2.24) is 29.6 Å². The number of nitrogens with one attached hydrogen (secondary N) is 1. The molecule has 5 rings (SSSR count). The molecule has 146 valence electrons. The second-order valence-electron chi connectivity index (χ2n) is 7.90. The highest BCUT2D eigenvalue weighted by atomic mass is 16.2. The van der Waals surface area contributed by atoms with E-state index in [4.69, 9.17) is 4.98 Å². The lowest BCUT2D eigenvalue weighted by molar-refractivity contribution is 0.0688. The van der Waals surface area contributed by atoms with Crippen LogP contribution < -0.4 is 0 Å². The SMILES string of the molecule is CCCc1nc2cccnc2n1C1CCN(C(=O)c2n[nH]c3c2CCC3)CC1. The van der Waals surface area contributed by atoms with Gasteiger partial charge in [-0.3, -0.25) is 9.89 Å². The van der Waals surface area contributed by atoms with E-state index < -0.39 is 0 Å². The zero-order valence-electron chi connectivity index (χ0n) is 16.3. The van der Waals surface area contributed by atoms with Gasteiger partial charge in [0.25, 0.3) is 5.91 Å². The van der Waals surface area contributed by atoms with Crippen molar-refractivity contribution >= 4 is 17.1 Å². The first-order valence-electron chi connectivity index (χ1n) is 10.4. The molecule has 0 unspecified atom stereocenters. The summed E-state index contributed by atoms with van der Waals surface area (Å²) in [5.41, 5.74) is 4.88. The summed E-state index contributed by atoms with van der Waals surface area (Å²) in [6, 6.07) is 4.32. The first-order valence-corrected chi connectivity index (χ1v) is 10.4. The zero-order chi connectivity index (χ0) is 19.1. The van der Waals surface area contributed by atoms with E-state index >= 15 is 0 Å². The third kappa shape index (κ3) is 2.80. The number of rotatable bonds is 4. The van der Waals surface area contributed by atoms with Gasteiger partial charge in [0, 0.05) is 43.0 Å². The molecule has 1 aliphatic heterocycles. The van der Waals surface area contributed by atoms with Crippen LogP contribution in [0.4, 0.5) is 0 Å². The highest BCUT2D eigenvalue weighted by Gasteiger charge is 2.31. The molecule has 7 heteroatoms. The van der Waals surface area contributed by atoms with Gasteiger partial charge in [-0.25, -0.2) is 9.97 Å². The number of piperidine rings is 1. The third-order valence-corrected chi connectivity index (χ3v) is 6.12. The molecule has 3 aromatic rings. The Bertz CT molecular complexity index is 1010. The predicted octanol–water partition coefficient (Wildman–Crippen LogP) is 3.07. The molecule has 1 amide bonds. The number of H-pyrrole nitrogens is 1. The number of aryl methyl sites for hydroxylation is 2. The van der Waals surface area contributed by atoms with Crippen LogP contribution in [-0.4, -0.2) is 48.6 Å². The number of nitrogens with zero attached hydrogens (tertiary/aromatic N) is 5. The fraction of sp³-hybridized carbons (Fsp3) is 0.524. The zero-order valence-corrected chi connectivity index (χ0v) is 16.3. The second kappa shape index (κ2) is 7.04. The van der Waals surface area contributed by atoms with Gasteiger partial charge < -0.3 is 9.47 Å². The number of carbonyl (C=O) groups excluding carboxylic acids is 1. The van der Waals surface area contributed by atoms with E-state index in [1.165, 1.54) is 0 Å². The van der Waals surface area contributed by atoms with Crippen molar-refractivity contribution in [2.75, 3.05) is 13.1 Å². The van der Waals surface area contributed by atoms with Gasteiger partial charge in [0.2, 0.25) is 0 Å².